The quantitative estimate of drug-likeness (QED) is 0.886. The van der Waals surface area contributed by atoms with Crippen LogP contribution in [0.4, 0.5) is 4.39 Å². The van der Waals surface area contributed by atoms with Crippen LogP contribution >= 0.6 is 15.9 Å². The van der Waals surface area contributed by atoms with E-state index < -0.39 is 17.6 Å². The molecule has 0 spiro atoms. The molecule has 1 saturated carbocycles. The number of alkyl halides is 1. The molecule has 2 rings (SSSR count). The molecule has 0 aliphatic heterocycles. The number of carbonyl (C=O) groups is 1. The molecular formula is C10H8BrFO2. The second kappa shape index (κ2) is 3.05. The molecule has 74 valence electrons. The van der Waals surface area contributed by atoms with Crippen molar-refractivity contribution < 1.29 is 14.3 Å². The van der Waals surface area contributed by atoms with Gasteiger partial charge in [0.1, 0.15) is 5.67 Å². The Bertz CT molecular complexity index is 393. The van der Waals surface area contributed by atoms with Gasteiger partial charge in [0.15, 0.2) is 0 Å². The van der Waals surface area contributed by atoms with E-state index in [4.69, 9.17) is 5.11 Å². The van der Waals surface area contributed by atoms with E-state index in [9.17, 15) is 9.18 Å². The molecular weight excluding hydrogens is 251 g/mol. The van der Waals surface area contributed by atoms with Crippen LogP contribution in [0.5, 0.6) is 0 Å². The average Bonchev–Trinajstić information content (AvgIpc) is 2.80. The molecule has 1 aromatic rings. The fourth-order valence-corrected chi connectivity index (χ4v) is 1.99. The van der Waals surface area contributed by atoms with E-state index in [0.717, 1.165) is 4.47 Å². The topological polar surface area (TPSA) is 37.3 Å². The van der Waals surface area contributed by atoms with Crippen molar-refractivity contribution in [2.45, 2.75) is 12.1 Å². The number of aliphatic carboxylic acids is 1. The van der Waals surface area contributed by atoms with Crippen LogP contribution in [0.25, 0.3) is 0 Å². The summed E-state index contributed by atoms with van der Waals surface area (Å²) in [6.07, 6.45) is 0.0821. The summed E-state index contributed by atoms with van der Waals surface area (Å²) in [6, 6.07) is 6.74. The normalized spacial score (nSPS) is 30.0. The van der Waals surface area contributed by atoms with Gasteiger partial charge in [-0.25, -0.2) is 4.39 Å². The van der Waals surface area contributed by atoms with Gasteiger partial charge in [-0.1, -0.05) is 28.1 Å². The van der Waals surface area contributed by atoms with E-state index in [1.54, 1.807) is 24.3 Å². The summed E-state index contributed by atoms with van der Waals surface area (Å²) in [7, 11) is 0. The van der Waals surface area contributed by atoms with Crippen LogP contribution in [0.15, 0.2) is 28.7 Å². The molecule has 0 unspecified atom stereocenters. The summed E-state index contributed by atoms with van der Waals surface area (Å²) in [4.78, 5) is 10.6. The minimum atomic E-state index is -1.66. The fourth-order valence-electron chi connectivity index (χ4n) is 1.59. The molecule has 2 atom stereocenters. The summed E-state index contributed by atoms with van der Waals surface area (Å²) < 4.78 is 14.7. The van der Waals surface area contributed by atoms with Crippen LogP contribution in [0.1, 0.15) is 12.0 Å². The Kier molecular flexibility index (Phi) is 2.10. The number of carboxylic acids is 1. The van der Waals surface area contributed by atoms with Crippen molar-refractivity contribution in [3.8, 4) is 0 Å². The average molecular weight is 259 g/mol. The molecule has 14 heavy (non-hydrogen) atoms. The summed E-state index contributed by atoms with van der Waals surface area (Å²) in [5.74, 6) is -1.94. The summed E-state index contributed by atoms with van der Waals surface area (Å²) in [5.41, 5.74) is -1.21. The standard InChI is InChI=1S/C10H8BrFO2/c11-7-3-1-2-6(4-7)10(12)5-8(10)9(13)14/h1-4,8H,5H2,(H,13,14)/t8-,10-/m0/s1. The third kappa shape index (κ3) is 1.43. The maximum Gasteiger partial charge on any atom is 0.310 e. The third-order valence-corrected chi connectivity index (χ3v) is 2.99. The minimum absolute atomic E-state index is 0.0821. The molecule has 0 amide bonds. The highest BCUT2D eigenvalue weighted by atomic mass is 79.9. The molecule has 4 heteroatoms. The molecule has 0 bridgehead atoms. The van der Waals surface area contributed by atoms with Crippen molar-refractivity contribution in [2.75, 3.05) is 0 Å². The second-order valence-corrected chi connectivity index (χ2v) is 4.38. The molecule has 1 N–H and O–H groups in total. The number of hydrogen-bond acceptors (Lipinski definition) is 1. The molecule has 2 nitrogen and oxygen atoms in total. The highest BCUT2D eigenvalue weighted by Crippen LogP contribution is 2.55. The third-order valence-electron chi connectivity index (χ3n) is 2.50. The largest absolute Gasteiger partial charge is 0.481 e. The van der Waals surface area contributed by atoms with Crippen molar-refractivity contribution >= 4 is 21.9 Å². The first-order valence-electron chi connectivity index (χ1n) is 4.22. The lowest BCUT2D eigenvalue weighted by atomic mass is 10.1. The van der Waals surface area contributed by atoms with Gasteiger partial charge in [-0.15, -0.1) is 0 Å². The molecule has 0 radical (unpaired) electrons. The highest BCUT2D eigenvalue weighted by Gasteiger charge is 2.61. The highest BCUT2D eigenvalue weighted by molar-refractivity contribution is 9.10. The lowest BCUT2D eigenvalue weighted by molar-refractivity contribution is -0.139. The van der Waals surface area contributed by atoms with Gasteiger partial charge in [0.25, 0.3) is 0 Å². The minimum Gasteiger partial charge on any atom is -0.481 e. The Morgan fingerprint density at radius 1 is 1.64 bits per heavy atom. The smallest absolute Gasteiger partial charge is 0.310 e. The van der Waals surface area contributed by atoms with Crippen molar-refractivity contribution in [3.63, 3.8) is 0 Å². The maximum absolute atomic E-state index is 13.9. The maximum atomic E-state index is 13.9. The van der Waals surface area contributed by atoms with Gasteiger partial charge in [-0.05, 0) is 17.7 Å². The van der Waals surface area contributed by atoms with Gasteiger partial charge in [0.2, 0.25) is 0 Å². The van der Waals surface area contributed by atoms with E-state index in [1.165, 1.54) is 0 Å². The number of carboxylic acid groups (broad SMARTS) is 1. The Hall–Kier alpha value is -0.900. The van der Waals surface area contributed by atoms with E-state index in [2.05, 4.69) is 15.9 Å². The number of hydrogen-bond donors (Lipinski definition) is 1. The lowest BCUT2D eigenvalue weighted by Gasteiger charge is -2.06. The van der Waals surface area contributed by atoms with E-state index >= 15 is 0 Å². The van der Waals surface area contributed by atoms with Gasteiger partial charge in [0, 0.05) is 10.9 Å². The van der Waals surface area contributed by atoms with Gasteiger partial charge in [0.05, 0.1) is 5.92 Å². The van der Waals surface area contributed by atoms with Crippen LogP contribution in [0, 0.1) is 5.92 Å². The molecule has 0 aromatic heterocycles. The van der Waals surface area contributed by atoms with Gasteiger partial charge in [-0.2, -0.15) is 0 Å². The number of benzene rings is 1. The van der Waals surface area contributed by atoms with Gasteiger partial charge >= 0.3 is 5.97 Å². The first kappa shape index (κ1) is 9.65. The van der Waals surface area contributed by atoms with Crippen LogP contribution in [-0.4, -0.2) is 11.1 Å². The molecule has 1 aliphatic carbocycles. The Morgan fingerprint density at radius 2 is 2.36 bits per heavy atom. The zero-order valence-corrected chi connectivity index (χ0v) is 8.79. The zero-order valence-electron chi connectivity index (χ0n) is 7.21. The Morgan fingerprint density at radius 3 is 2.86 bits per heavy atom. The van der Waals surface area contributed by atoms with E-state index in [0.29, 0.717) is 5.56 Å². The number of halogens is 2. The lowest BCUT2D eigenvalue weighted by Crippen LogP contribution is -2.09. The predicted molar refractivity (Wildman–Crippen MR) is 52.7 cm³/mol. The van der Waals surface area contributed by atoms with Crippen LogP contribution in [0.2, 0.25) is 0 Å². The summed E-state index contributed by atoms with van der Waals surface area (Å²) in [6.45, 7) is 0. The van der Waals surface area contributed by atoms with Gasteiger partial charge in [-0.3, -0.25) is 4.79 Å². The van der Waals surface area contributed by atoms with Crippen LogP contribution in [-0.2, 0) is 10.5 Å². The monoisotopic (exact) mass is 258 g/mol. The van der Waals surface area contributed by atoms with Gasteiger partial charge < -0.3 is 5.11 Å². The molecule has 1 aromatic carbocycles. The predicted octanol–water partition coefficient (Wildman–Crippen LogP) is 2.72. The van der Waals surface area contributed by atoms with Crippen molar-refractivity contribution in [3.05, 3.63) is 34.3 Å². The van der Waals surface area contributed by atoms with Crippen molar-refractivity contribution in [1.82, 2.24) is 0 Å². The van der Waals surface area contributed by atoms with Crippen LogP contribution < -0.4 is 0 Å². The second-order valence-electron chi connectivity index (χ2n) is 3.47. The summed E-state index contributed by atoms with van der Waals surface area (Å²) >= 11 is 3.23. The zero-order chi connectivity index (χ0) is 10.3. The van der Waals surface area contributed by atoms with Crippen molar-refractivity contribution in [1.29, 1.82) is 0 Å². The fraction of sp³-hybridized carbons (Fsp3) is 0.300. The SMILES string of the molecule is O=C(O)[C@@H]1C[C@]1(F)c1cccc(Br)c1. The van der Waals surface area contributed by atoms with E-state index in [1.807, 2.05) is 0 Å². The van der Waals surface area contributed by atoms with E-state index in [-0.39, 0.29) is 6.42 Å². The molecule has 0 saturated heterocycles. The first-order chi connectivity index (χ1) is 6.54. The summed E-state index contributed by atoms with van der Waals surface area (Å²) in [5, 5.41) is 8.67. The molecule has 0 heterocycles. The van der Waals surface area contributed by atoms with Crippen LogP contribution in [0.3, 0.4) is 0 Å². The number of rotatable bonds is 2. The first-order valence-corrected chi connectivity index (χ1v) is 5.01. The van der Waals surface area contributed by atoms with Crippen molar-refractivity contribution in [2.24, 2.45) is 5.92 Å². The Labute approximate surface area is 88.9 Å². The molecule has 1 fully saturated rings. The molecule has 1 aliphatic rings. The Balaban J connectivity index is 2.30.